The van der Waals surface area contributed by atoms with Gasteiger partial charge < -0.3 is 4.31 Å². The van der Waals surface area contributed by atoms with Crippen LogP contribution in [-0.2, 0) is 0 Å². The third kappa shape index (κ3) is 19.5. The summed E-state index contributed by atoms with van der Waals surface area (Å²) in [6, 6.07) is 0. The van der Waals surface area contributed by atoms with E-state index in [9.17, 15) is 0 Å². The van der Waals surface area contributed by atoms with E-state index in [0.29, 0.717) is 0 Å². The van der Waals surface area contributed by atoms with E-state index in [1.807, 2.05) is 0 Å². The van der Waals surface area contributed by atoms with Crippen LogP contribution in [0.2, 0.25) is 0 Å². The summed E-state index contributed by atoms with van der Waals surface area (Å²) in [7, 11) is 0. The predicted octanol–water partition coefficient (Wildman–Crippen LogP) is 9.44. The molecule has 0 fully saturated rings. The Balaban J connectivity index is 4.34. The summed E-state index contributed by atoms with van der Waals surface area (Å²) >= 11 is 2.07. The lowest BCUT2D eigenvalue weighted by Gasteiger charge is -2.25. The van der Waals surface area contributed by atoms with Crippen LogP contribution in [0.25, 0.3) is 0 Å². The van der Waals surface area contributed by atoms with Gasteiger partial charge in [-0.1, -0.05) is 111 Å². The Morgan fingerprint density at radius 3 is 1.69 bits per heavy atom. The molecule has 2 nitrogen and oxygen atoms in total. The molecular weight excluding hydrogens is 372 g/mol. The van der Waals surface area contributed by atoms with E-state index in [1.54, 1.807) is 0 Å². The van der Waals surface area contributed by atoms with Crippen LogP contribution >= 0.6 is 11.9 Å². The molecule has 0 aromatic heterocycles. The van der Waals surface area contributed by atoms with Crippen molar-refractivity contribution in [2.45, 2.75) is 143 Å². The van der Waals surface area contributed by atoms with Crippen LogP contribution in [0.15, 0.2) is 4.99 Å². The zero-order valence-electron chi connectivity index (χ0n) is 20.7. The number of amidine groups is 1. The molecule has 0 aromatic rings. The highest BCUT2D eigenvalue weighted by molar-refractivity contribution is 7.97. The number of hydrogen-bond acceptors (Lipinski definition) is 2. The quantitative estimate of drug-likeness (QED) is 0.0741. The van der Waals surface area contributed by atoms with Gasteiger partial charge in [-0.3, -0.25) is 4.99 Å². The third-order valence-corrected chi connectivity index (χ3v) is 6.70. The second kappa shape index (κ2) is 24.1. The molecule has 0 N–H and O–H groups in total. The van der Waals surface area contributed by atoms with Crippen LogP contribution in [0.4, 0.5) is 0 Å². The number of aliphatic imine (C=N–C) groups is 1. The molecule has 0 aliphatic rings. The summed E-state index contributed by atoms with van der Waals surface area (Å²) in [4.78, 5) is 5.06. The van der Waals surface area contributed by atoms with Crippen molar-refractivity contribution in [1.29, 1.82) is 0 Å². The van der Waals surface area contributed by atoms with Crippen molar-refractivity contribution in [3.8, 4) is 0 Å². The maximum atomic E-state index is 5.06. The topological polar surface area (TPSA) is 15.6 Å². The lowest BCUT2D eigenvalue weighted by Crippen LogP contribution is -2.26. The van der Waals surface area contributed by atoms with Crippen LogP contribution in [0.3, 0.4) is 0 Å². The van der Waals surface area contributed by atoms with Crippen LogP contribution < -0.4 is 0 Å². The molecule has 0 saturated heterocycles. The highest BCUT2D eigenvalue weighted by atomic mass is 32.2. The molecule has 0 radical (unpaired) electrons. The van der Waals surface area contributed by atoms with Gasteiger partial charge in [0.2, 0.25) is 0 Å². The molecule has 0 aromatic carbocycles. The minimum atomic E-state index is 1.03. The van der Waals surface area contributed by atoms with E-state index in [1.165, 1.54) is 127 Å². The first-order valence-corrected chi connectivity index (χ1v) is 14.2. The molecule has 3 heteroatoms. The molecule has 0 spiro atoms. The third-order valence-electron chi connectivity index (χ3n) is 5.53. The van der Waals surface area contributed by atoms with Gasteiger partial charge in [-0.2, -0.15) is 0 Å². The molecule has 29 heavy (non-hydrogen) atoms. The first-order valence-electron chi connectivity index (χ1n) is 13.2. The first-order chi connectivity index (χ1) is 14.3. The number of hydrogen-bond donors (Lipinski definition) is 0. The maximum absolute atomic E-state index is 5.06. The Hall–Kier alpha value is -0.180. The van der Waals surface area contributed by atoms with Gasteiger partial charge in [0.25, 0.3) is 0 Å². The van der Waals surface area contributed by atoms with Gasteiger partial charge in [0.15, 0.2) is 0 Å². The monoisotopic (exact) mass is 426 g/mol. The zero-order chi connectivity index (χ0) is 21.4. The zero-order valence-corrected chi connectivity index (χ0v) is 21.5. The van der Waals surface area contributed by atoms with Crippen molar-refractivity contribution in [2.24, 2.45) is 4.99 Å². The minimum Gasteiger partial charge on any atom is -0.304 e. The highest BCUT2D eigenvalue weighted by Crippen LogP contribution is 2.19. The Morgan fingerprint density at radius 1 is 0.586 bits per heavy atom. The fraction of sp³-hybridized carbons (Fsp3) is 0.962. The summed E-state index contributed by atoms with van der Waals surface area (Å²) in [6.45, 7) is 11.4. The number of nitrogens with zero attached hydrogens (tertiary/aromatic N) is 2. The molecule has 0 aliphatic carbocycles. The lowest BCUT2D eigenvalue weighted by atomic mass is 10.1. The molecule has 0 rings (SSSR count). The highest BCUT2D eigenvalue weighted by Gasteiger charge is 2.11. The van der Waals surface area contributed by atoms with E-state index >= 15 is 0 Å². The van der Waals surface area contributed by atoms with Gasteiger partial charge in [0.1, 0.15) is 5.84 Å². The standard InChI is InChI=1S/C26H54N2S/c1-5-9-12-15-16-17-18-21-25-29-28(24-20-14-11-7-3)26(22-8-4)27-23-19-13-10-6-2/h5-25H2,1-4H3. The maximum Gasteiger partial charge on any atom is 0.109 e. The van der Waals surface area contributed by atoms with Crippen LogP contribution in [0.5, 0.6) is 0 Å². The Kier molecular flexibility index (Phi) is 23.9. The fourth-order valence-corrected chi connectivity index (χ4v) is 4.72. The predicted molar refractivity (Wildman–Crippen MR) is 137 cm³/mol. The normalized spacial score (nSPS) is 11.9. The van der Waals surface area contributed by atoms with Crippen LogP contribution in [0.1, 0.15) is 143 Å². The van der Waals surface area contributed by atoms with E-state index in [2.05, 4.69) is 43.9 Å². The molecule has 0 atom stereocenters. The van der Waals surface area contributed by atoms with Gasteiger partial charge in [0, 0.05) is 25.3 Å². The van der Waals surface area contributed by atoms with Crippen molar-refractivity contribution >= 4 is 17.8 Å². The Labute approximate surface area is 189 Å². The van der Waals surface area contributed by atoms with Gasteiger partial charge in [-0.25, -0.2) is 0 Å². The molecule has 0 saturated carbocycles. The van der Waals surface area contributed by atoms with Gasteiger partial charge in [-0.15, -0.1) is 0 Å². The summed E-state index contributed by atoms with van der Waals surface area (Å²) in [5.41, 5.74) is 0. The second-order valence-electron chi connectivity index (χ2n) is 8.58. The fourth-order valence-electron chi connectivity index (χ4n) is 3.61. The summed E-state index contributed by atoms with van der Waals surface area (Å²) in [6.07, 6.45) is 24.2. The van der Waals surface area contributed by atoms with Crippen molar-refractivity contribution in [3.05, 3.63) is 0 Å². The van der Waals surface area contributed by atoms with E-state index in [0.717, 1.165) is 13.0 Å². The average Bonchev–Trinajstić information content (AvgIpc) is 2.73. The van der Waals surface area contributed by atoms with Crippen molar-refractivity contribution in [3.63, 3.8) is 0 Å². The molecule has 0 heterocycles. The van der Waals surface area contributed by atoms with Gasteiger partial charge in [0.05, 0.1) is 0 Å². The Morgan fingerprint density at radius 2 is 1.10 bits per heavy atom. The van der Waals surface area contributed by atoms with E-state index < -0.39 is 0 Å². The second-order valence-corrected chi connectivity index (χ2v) is 9.69. The number of rotatable bonds is 22. The summed E-state index contributed by atoms with van der Waals surface area (Å²) in [5, 5.41) is 0. The molecule has 0 unspecified atom stereocenters. The van der Waals surface area contributed by atoms with Crippen molar-refractivity contribution in [1.82, 2.24) is 4.31 Å². The van der Waals surface area contributed by atoms with Gasteiger partial charge >= 0.3 is 0 Å². The molecule has 174 valence electrons. The SMILES string of the molecule is CCCCCCCCCCSN(CCCCCC)C(CCC)=NCCCCCC. The summed E-state index contributed by atoms with van der Waals surface area (Å²) < 4.78 is 2.58. The lowest BCUT2D eigenvalue weighted by molar-refractivity contribution is 0.561. The van der Waals surface area contributed by atoms with Crippen molar-refractivity contribution < 1.29 is 0 Å². The minimum absolute atomic E-state index is 1.03. The molecule has 0 aliphatic heterocycles. The number of unbranched alkanes of at least 4 members (excludes halogenated alkanes) is 13. The largest absolute Gasteiger partial charge is 0.304 e. The smallest absolute Gasteiger partial charge is 0.109 e. The van der Waals surface area contributed by atoms with E-state index in [-0.39, 0.29) is 0 Å². The van der Waals surface area contributed by atoms with Crippen molar-refractivity contribution in [2.75, 3.05) is 18.8 Å². The first kappa shape index (κ1) is 28.8. The van der Waals surface area contributed by atoms with E-state index in [4.69, 9.17) is 4.99 Å². The molecule has 0 bridgehead atoms. The summed E-state index contributed by atoms with van der Waals surface area (Å²) in [5.74, 6) is 2.64. The Bertz CT molecular complexity index is 344. The molecular formula is C26H54N2S. The van der Waals surface area contributed by atoms with Gasteiger partial charge in [-0.05, 0) is 37.6 Å². The van der Waals surface area contributed by atoms with Crippen LogP contribution in [-0.4, -0.2) is 29.0 Å². The molecule has 0 amide bonds. The average molecular weight is 427 g/mol. The van der Waals surface area contributed by atoms with Crippen LogP contribution in [0, 0.1) is 0 Å².